The Morgan fingerprint density at radius 3 is 0.943 bits per heavy atom. The molecule has 0 heterocycles. The van der Waals surface area contributed by atoms with Gasteiger partial charge in [-0.1, -0.05) is 86.0 Å². The molecule has 0 unspecified atom stereocenters. The summed E-state index contributed by atoms with van der Waals surface area (Å²) in [6.45, 7) is 12.9. The Bertz CT molecular complexity index is 2490. The number of ether oxygens (including phenoxy) is 6. The van der Waals surface area contributed by atoms with Crippen LogP contribution in [-0.4, -0.2) is 50.3 Å². The van der Waals surface area contributed by atoms with Gasteiger partial charge in [-0.05, 0) is 183 Å². The van der Waals surface area contributed by atoms with Gasteiger partial charge in [-0.15, -0.1) is 0 Å². The molecule has 0 saturated carbocycles. The standard InChI is InChI=1S/C60H60O10/c1-5-57(61)67-41-13-9-7-11-39-65-53-31-27-49(28-32-53)47-15-19-51(20-16-47)59(63)69-55-35-23-45(24-36-55)43(3)44(4)46-25-37-56(38-26-46)70-60(64)52-21-17-48(18-22-52)50-29-33-54(34-30-50)66-40-12-8-10-14-42-68-58(62)6-2/h5-6,15-38H,1-2,7-14,39-42H2,3-4H3/b44-43-. The minimum Gasteiger partial charge on any atom is -0.494 e. The van der Waals surface area contributed by atoms with E-state index in [1.54, 1.807) is 48.5 Å². The summed E-state index contributed by atoms with van der Waals surface area (Å²) in [6, 6.07) is 45.2. The molecule has 0 aliphatic rings. The van der Waals surface area contributed by atoms with Crippen LogP contribution in [-0.2, 0) is 19.1 Å². The Morgan fingerprint density at radius 2 is 0.629 bits per heavy atom. The molecular weight excluding hydrogens is 881 g/mol. The summed E-state index contributed by atoms with van der Waals surface area (Å²) in [6.07, 6.45) is 9.70. The normalized spacial score (nSPS) is 11.1. The van der Waals surface area contributed by atoms with Crippen molar-refractivity contribution in [3.05, 3.63) is 193 Å². The molecule has 6 rings (SSSR count). The van der Waals surface area contributed by atoms with Gasteiger partial charge in [-0.25, -0.2) is 19.2 Å². The third kappa shape index (κ3) is 16.1. The maximum atomic E-state index is 13.1. The van der Waals surface area contributed by atoms with Crippen LogP contribution in [0.25, 0.3) is 33.4 Å². The first-order valence-corrected chi connectivity index (χ1v) is 23.7. The van der Waals surface area contributed by atoms with E-state index in [2.05, 4.69) is 13.2 Å². The van der Waals surface area contributed by atoms with Crippen LogP contribution in [0.3, 0.4) is 0 Å². The predicted molar refractivity (Wildman–Crippen MR) is 275 cm³/mol. The first-order valence-electron chi connectivity index (χ1n) is 23.7. The number of benzene rings is 6. The van der Waals surface area contributed by atoms with Crippen LogP contribution in [0.1, 0.15) is 97.1 Å². The van der Waals surface area contributed by atoms with Crippen LogP contribution < -0.4 is 18.9 Å². The molecule has 6 aromatic rings. The molecule has 10 heteroatoms. The number of esters is 4. The van der Waals surface area contributed by atoms with Gasteiger partial charge in [-0.3, -0.25) is 0 Å². The van der Waals surface area contributed by atoms with Crippen molar-refractivity contribution in [3.8, 4) is 45.3 Å². The fourth-order valence-corrected chi connectivity index (χ4v) is 7.35. The molecule has 0 aliphatic heterocycles. The van der Waals surface area contributed by atoms with Crippen LogP contribution in [0.2, 0.25) is 0 Å². The van der Waals surface area contributed by atoms with Crippen LogP contribution >= 0.6 is 0 Å². The summed E-state index contributed by atoms with van der Waals surface area (Å²) in [5.41, 5.74) is 8.88. The van der Waals surface area contributed by atoms with E-state index in [-0.39, 0.29) is 11.9 Å². The number of carbonyl (C=O) groups excluding carboxylic acids is 4. The van der Waals surface area contributed by atoms with Gasteiger partial charge in [-0.2, -0.15) is 0 Å². The van der Waals surface area contributed by atoms with Crippen LogP contribution in [0.4, 0.5) is 0 Å². The average molecular weight is 941 g/mol. The third-order valence-electron chi connectivity index (χ3n) is 11.6. The molecular formula is C60H60O10. The molecule has 0 saturated heterocycles. The fraction of sp³-hybridized carbons (Fsp3) is 0.233. The first-order chi connectivity index (χ1) is 34.1. The van der Waals surface area contributed by atoms with Crippen LogP contribution in [0, 0.1) is 0 Å². The monoisotopic (exact) mass is 940 g/mol. The number of hydrogen-bond donors (Lipinski definition) is 0. The SMILES string of the molecule is C=CC(=O)OCCCCCCOc1ccc(-c2ccc(C(=O)Oc3ccc(/C(C)=C(/C)c4ccc(OC(=O)c5ccc(-c6ccc(OCCCCCCOC(=O)C=C)cc6)cc5)cc4)cc3)cc2)cc1. The zero-order valence-electron chi connectivity index (χ0n) is 40.0. The van der Waals surface area contributed by atoms with Crippen molar-refractivity contribution >= 4 is 35.0 Å². The van der Waals surface area contributed by atoms with Crippen molar-refractivity contribution in [2.24, 2.45) is 0 Å². The Labute approximate surface area is 411 Å². The molecule has 0 radical (unpaired) electrons. The molecule has 0 aliphatic carbocycles. The Hall–Kier alpha value is -7.98. The number of carbonyl (C=O) groups is 4. The summed E-state index contributed by atoms with van der Waals surface area (Å²) in [4.78, 5) is 48.3. The second kappa shape index (κ2) is 27.1. The Kier molecular flexibility index (Phi) is 19.9. The Balaban J connectivity index is 0.914. The summed E-state index contributed by atoms with van der Waals surface area (Å²) in [7, 11) is 0. The zero-order valence-corrected chi connectivity index (χ0v) is 40.0. The number of hydrogen-bond acceptors (Lipinski definition) is 10. The van der Waals surface area contributed by atoms with Crippen molar-refractivity contribution in [3.63, 3.8) is 0 Å². The lowest BCUT2D eigenvalue weighted by Gasteiger charge is -2.11. The van der Waals surface area contributed by atoms with E-state index in [1.165, 1.54) is 12.2 Å². The molecule has 6 aromatic carbocycles. The van der Waals surface area contributed by atoms with E-state index in [1.807, 2.05) is 111 Å². The van der Waals surface area contributed by atoms with Gasteiger partial charge >= 0.3 is 23.9 Å². The summed E-state index contributed by atoms with van der Waals surface area (Å²) in [5.74, 6) is 0.797. The average Bonchev–Trinajstić information content (AvgIpc) is 3.40. The number of unbranched alkanes of at least 4 members (excludes halogenated alkanes) is 6. The van der Waals surface area contributed by atoms with Gasteiger partial charge in [0.15, 0.2) is 0 Å². The van der Waals surface area contributed by atoms with E-state index in [0.29, 0.717) is 49.1 Å². The van der Waals surface area contributed by atoms with Crippen molar-refractivity contribution in [2.75, 3.05) is 26.4 Å². The summed E-state index contributed by atoms with van der Waals surface area (Å²) < 4.78 is 33.2. The second-order valence-corrected chi connectivity index (χ2v) is 16.5. The van der Waals surface area contributed by atoms with E-state index < -0.39 is 11.9 Å². The highest BCUT2D eigenvalue weighted by atomic mass is 16.5. The second-order valence-electron chi connectivity index (χ2n) is 16.5. The van der Waals surface area contributed by atoms with Crippen LogP contribution in [0.15, 0.2) is 171 Å². The molecule has 0 fully saturated rings. The summed E-state index contributed by atoms with van der Waals surface area (Å²) in [5, 5.41) is 0. The van der Waals surface area contributed by atoms with Crippen molar-refractivity contribution in [1.82, 2.24) is 0 Å². The lowest BCUT2D eigenvalue weighted by Crippen LogP contribution is -2.08. The summed E-state index contributed by atoms with van der Waals surface area (Å²) >= 11 is 0. The lowest BCUT2D eigenvalue weighted by atomic mass is 9.97. The molecule has 360 valence electrons. The highest BCUT2D eigenvalue weighted by Gasteiger charge is 2.13. The van der Waals surface area contributed by atoms with Crippen molar-refractivity contribution in [2.45, 2.75) is 65.2 Å². The topological polar surface area (TPSA) is 124 Å². The van der Waals surface area contributed by atoms with Gasteiger partial charge in [0.05, 0.1) is 37.6 Å². The molecule has 0 spiro atoms. The highest BCUT2D eigenvalue weighted by molar-refractivity contribution is 5.93. The van der Waals surface area contributed by atoms with Gasteiger partial charge in [0.2, 0.25) is 0 Å². The van der Waals surface area contributed by atoms with Gasteiger partial charge in [0.25, 0.3) is 0 Å². The quantitative estimate of drug-likeness (QED) is 0.0171. The van der Waals surface area contributed by atoms with E-state index in [4.69, 9.17) is 28.4 Å². The Morgan fingerprint density at radius 1 is 0.357 bits per heavy atom. The van der Waals surface area contributed by atoms with E-state index >= 15 is 0 Å². The third-order valence-corrected chi connectivity index (χ3v) is 11.6. The first kappa shape index (κ1) is 51.4. The minimum atomic E-state index is -0.446. The van der Waals surface area contributed by atoms with E-state index in [9.17, 15) is 19.2 Å². The largest absolute Gasteiger partial charge is 0.494 e. The maximum absolute atomic E-state index is 13.1. The predicted octanol–water partition coefficient (Wildman–Crippen LogP) is 13.7. The van der Waals surface area contributed by atoms with Crippen molar-refractivity contribution < 1.29 is 47.6 Å². The van der Waals surface area contributed by atoms with Gasteiger partial charge < -0.3 is 28.4 Å². The molecule has 0 atom stereocenters. The smallest absolute Gasteiger partial charge is 0.343 e. The number of rotatable bonds is 26. The molecule has 0 amide bonds. The van der Waals surface area contributed by atoms with Crippen LogP contribution in [0.5, 0.6) is 23.0 Å². The van der Waals surface area contributed by atoms with Crippen molar-refractivity contribution in [1.29, 1.82) is 0 Å². The minimum absolute atomic E-state index is 0.388. The van der Waals surface area contributed by atoms with Gasteiger partial charge in [0.1, 0.15) is 23.0 Å². The number of allylic oxidation sites excluding steroid dienone is 2. The molecule has 0 aromatic heterocycles. The fourth-order valence-electron chi connectivity index (χ4n) is 7.35. The zero-order chi connectivity index (χ0) is 49.5. The maximum Gasteiger partial charge on any atom is 0.343 e. The van der Waals surface area contributed by atoms with E-state index in [0.717, 1.165) is 107 Å². The molecule has 0 bridgehead atoms. The molecule has 10 nitrogen and oxygen atoms in total. The lowest BCUT2D eigenvalue weighted by molar-refractivity contribution is -0.138. The van der Waals surface area contributed by atoms with Gasteiger partial charge in [0, 0.05) is 12.2 Å². The molecule has 70 heavy (non-hydrogen) atoms. The highest BCUT2D eigenvalue weighted by Crippen LogP contribution is 2.30. The molecule has 0 N–H and O–H groups in total.